The Hall–Kier alpha value is -2.06. The van der Waals surface area contributed by atoms with E-state index in [4.69, 9.17) is 11.6 Å². The number of aliphatic hydroxyl groups is 1. The molecule has 2 aromatic carbocycles. The van der Waals surface area contributed by atoms with Crippen LogP contribution in [0.2, 0.25) is 5.02 Å². The van der Waals surface area contributed by atoms with Gasteiger partial charge < -0.3 is 5.11 Å². The van der Waals surface area contributed by atoms with Gasteiger partial charge in [-0.1, -0.05) is 36.7 Å². The van der Waals surface area contributed by atoms with Crippen molar-refractivity contribution in [3.05, 3.63) is 63.9 Å². The third kappa shape index (κ3) is 2.91. The van der Waals surface area contributed by atoms with E-state index >= 15 is 0 Å². The number of Topliss-reactive ketones (excluding diaryl/α,β-unsaturated/α-hetero) is 1. The van der Waals surface area contributed by atoms with Gasteiger partial charge in [-0.05, 0) is 59.4 Å². The minimum Gasteiger partial charge on any atom is -0.512 e. The highest BCUT2D eigenvalue weighted by molar-refractivity contribution is 6.30. The average Bonchev–Trinajstić information content (AvgIpc) is 2.85. The molecule has 2 aromatic rings. The summed E-state index contributed by atoms with van der Waals surface area (Å²) in [5, 5.41) is 10.8. The maximum atomic E-state index is 12.2. The first-order valence-corrected chi connectivity index (χ1v) is 8.24. The Labute approximate surface area is 141 Å². The lowest BCUT2D eigenvalue weighted by atomic mass is 9.91. The molecule has 0 spiro atoms. The first kappa shape index (κ1) is 15.8. The maximum absolute atomic E-state index is 12.2. The molecular weight excluding hydrogens is 308 g/mol. The highest BCUT2D eigenvalue weighted by Crippen LogP contribution is 2.35. The van der Waals surface area contributed by atoms with E-state index in [1.54, 1.807) is 0 Å². The molecule has 3 heteroatoms. The third-order valence-electron chi connectivity index (χ3n) is 4.42. The molecule has 3 rings (SSSR count). The van der Waals surface area contributed by atoms with E-state index in [1.165, 1.54) is 0 Å². The Kier molecular flexibility index (Phi) is 4.27. The van der Waals surface area contributed by atoms with Crippen LogP contribution in [0.3, 0.4) is 0 Å². The lowest BCUT2D eigenvalue weighted by Gasteiger charge is -2.13. The molecule has 0 radical (unpaired) electrons. The number of hydrogen-bond donors (Lipinski definition) is 1. The van der Waals surface area contributed by atoms with Gasteiger partial charge in [-0.15, -0.1) is 0 Å². The van der Waals surface area contributed by atoms with Gasteiger partial charge in [-0.25, -0.2) is 0 Å². The van der Waals surface area contributed by atoms with E-state index < -0.39 is 0 Å². The number of aliphatic hydroxyl groups excluding tert-OH is 1. The standard InChI is InChI=1S/C20H19ClO2/c1-3-13-4-5-14(16-7-6-15(21)10-12(16)2)11-17(13)20-18(22)8-9-19(20)23/h4-7,10-11,22H,3,8-9H2,1-2H3. The zero-order chi connectivity index (χ0) is 16.6. The quantitative estimate of drug-likeness (QED) is 0.807. The summed E-state index contributed by atoms with van der Waals surface area (Å²) in [7, 11) is 0. The van der Waals surface area contributed by atoms with E-state index in [0.717, 1.165) is 34.2 Å². The van der Waals surface area contributed by atoms with Crippen molar-refractivity contribution in [2.24, 2.45) is 0 Å². The van der Waals surface area contributed by atoms with Crippen molar-refractivity contribution in [1.29, 1.82) is 0 Å². The summed E-state index contributed by atoms with van der Waals surface area (Å²) in [5.41, 5.74) is 5.64. The number of carbonyl (C=O) groups excluding carboxylic acids is 1. The van der Waals surface area contributed by atoms with Gasteiger partial charge in [0.15, 0.2) is 5.78 Å². The first-order valence-electron chi connectivity index (χ1n) is 7.86. The normalized spacial score (nSPS) is 14.7. The summed E-state index contributed by atoms with van der Waals surface area (Å²) in [6, 6.07) is 11.9. The zero-order valence-corrected chi connectivity index (χ0v) is 14.1. The minimum atomic E-state index is 0.0298. The molecule has 118 valence electrons. The molecule has 23 heavy (non-hydrogen) atoms. The maximum Gasteiger partial charge on any atom is 0.167 e. The summed E-state index contributed by atoms with van der Waals surface area (Å²) in [4.78, 5) is 12.2. The SMILES string of the molecule is CCc1ccc(-c2ccc(Cl)cc2C)cc1C1=C(O)CCC1=O. The molecule has 0 aliphatic heterocycles. The van der Waals surface area contributed by atoms with Gasteiger partial charge >= 0.3 is 0 Å². The van der Waals surface area contributed by atoms with Crippen LogP contribution in [0.15, 0.2) is 42.2 Å². The van der Waals surface area contributed by atoms with Gasteiger partial charge in [0.05, 0.1) is 5.57 Å². The summed E-state index contributed by atoms with van der Waals surface area (Å²) < 4.78 is 0. The fourth-order valence-electron chi connectivity index (χ4n) is 3.18. The van der Waals surface area contributed by atoms with Crippen molar-refractivity contribution >= 4 is 23.0 Å². The molecule has 0 bridgehead atoms. The van der Waals surface area contributed by atoms with Gasteiger partial charge in [0, 0.05) is 17.9 Å². The molecule has 0 fully saturated rings. The molecule has 1 aliphatic carbocycles. The van der Waals surface area contributed by atoms with Crippen molar-refractivity contribution in [2.75, 3.05) is 0 Å². The number of aryl methyl sites for hydroxylation is 2. The molecule has 0 atom stereocenters. The van der Waals surface area contributed by atoms with E-state index in [0.29, 0.717) is 23.4 Å². The Bertz CT molecular complexity index is 818. The molecule has 1 N–H and O–H groups in total. The predicted octanol–water partition coefficient (Wildman–Crippen LogP) is 5.51. The van der Waals surface area contributed by atoms with Gasteiger partial charge in [0.25, 0.3) is 0 Å². The number of allylic oxidation sites excluding steroid dienone is 2. The fourth-order valence-corrected chi connectivity index (χ4v) is 3.41. The molecule has 0 saturated heterocycles. The van der Waals surface area contributed by atoms with Crippen molar-refractivity contribution in [3.63, 3.8) is 0 Å². The lowest BCUT2D eigenvalue weighted by molar-refractivity contribution is -0.113. The Morgan fingerprint density at radius 1 is 1.09 bits per heavy atom. The lowest BCUT2D eigenvalue weighted by Crippen LogP contribution is -2.01. The van der Waals surface area contributed by atoms with Crippen LogP contribution in [0.25, 0.3) is 16.7 Å². The number of halogens is 1. The predicted molar refractivity (Wildman–Crippen MR) is 94.8 cm³/mol. The molecule has 2 nitrogen and oxygen atoms in total. The Morgan fingerprint density at radius 3 is 2.48 bits per heavy atom. The smallest absolute Gasteiger partial charge is 0.167 e. The van der Waals surface area contributed by atoms with Crippen molar-refractivity contribution in [3.8, 4) is 11.1 Å². The largest absolute Gasteiger partial charge is 0.512 e. The van der Waals surface area contributed by atoms with Crippen LogP contribution in [0.1, 0.15) is 36.5 Å². The van der Waals surface area contributed by atoms with Crippen LogP contribution >= 0.6 is 11.6 Å². The van der Waals surface area contributed by atoms with Crippen LogP contribution in [0, 0.1) is 6.92 Å². The third-order valence-corrected chi connectivity index (χ3v) is 4.65. The highest BCUT2D eigenvalue weighted by Gasteiger charge is 2.26. The van der Waals surface area contributed by atoms with E-state index in [9.17, 15) is 9.90 Å². The van der Waals surface area contributed by atoms with Crippen LogP contribution in [0.5, 0.6) is 0 Å². The number of benzene rings is 2. The second kappa shape index (κ2) is 6.21. The summed E-state index contributed by atoms with van der Waals surface area (Å²) in [6.07, 6.45) is 1.66. The van der Waals surface area contributed by atoms with Crippen LogP contribution in [-0.4, -0.2) is 10.9 Å². The monoisotopic (exact) mass is 326 g/mol. The van der Waals surface area contributed by atoms with Crippen molar-refractivity contribution in [1.82, 2.24) is 0 Å². The average molecular weight is 327 g/mol. The fraction of sp³-hybridized carbons (Fsp3) is 0.250. The van der Waals surface area contributed by atoms with E-state index in [1.807, 2.05) is 37.3 Å². The number of hydrogen-bond acceptors (Lipinski definition) is 2. The molecule has 0 saturated carbocycles. The molecule has 0 aromatic heterocycles. The molecule has 1 aliphatic rings. The highest BCUT2D eigenvalue weighted by atomic mass is 35.5. The van der Waals surface area contributed by atoms with Gasteiger partial charge in [-0.3, -0.25) is 4.79 Å². The van der Waals surface area contributed by atoms with Crippen LogP contribution in [-0.2, 0) is 11.2 Å². The van der Waals surface area contributed by atoms with E-state index in [-0.39, 0.29) is 11.5 Å². The second-order valence-electron chi connectivity index (χ2n) is 5.93. The summed E-state index contributed by atoms with van der Waals surface area (Å²) >= 11 is 6.04. The van der Waals surface area contributed by atoms with E-state index in [2.05, 4.69) is 13.0 Å². The van der Waals surface area contributed by atoms with Crippen LogP contribution < -0.4 is 0 Å². The van der Waals surface area contributed by atoms with Gasteiger partial charge in [0.1, 0.15) is 5.76 Å². The topological polar surface area (TPSA) is 37.3 Å². The Morgan fingerprint density at radius 2 is 1.87 bits per heavy atom. The zero-order valence-electron chi connectivity index (χ0n) is 13.3. The van der Waals surface area contributed by atoms with Gasteiger partial charge in [-0.2, -0.15) is 0 Å². The molecular formula is C20H19ClO2. The summed E-state index contributed by atoms with van der Waals surface area (Å²) in [6.45, 7) is 4.08. The first-order chi connectivity index (χ1) is 11.0. The van der Waals surface area contributed by atoms with Crippen LogP contribution in [0.4, 0.5) is 0 Å². The van der Waals surface area contributed by atoms with Crippen molar-refractivity contribution in [2.45, 2.75) is 33.1 Å². The summed E-state index contributed by atoms with van der Waals surface area (Å²) in [5.74, 6) is 0.247. The minimum absolute atomic E-state index is 0.0298. The number of ketones is 1. The number of carbonyl (C=O) groups is 1. The van der Waals surface area contributed by atoms with Gasteiger partial charge in [0.2, 0.25) is 0 Å². The molecule has 0 heterocycles. The molecule has 0 amide bonds. The number of rotatable bonds is 3. The second-order valence-corrected chi connectivity index (χ2v) is 6.37. The van der Waals surface area contributed by atoms with Crippen molar-refractivity contribution < 1.29 is 9.90 Å². The Balaban J connectivity index is 2.17. The molecule has 0 unspecified atom stereocenters.